The zero-order valence-corrected chi connectivity index (χ0v) is 17.5. The van der Waals surface area contributed by atoms with Gasteiger partial charge < -0.3 is 14.9 Å². The van der Waals surface area contributed by atoms with Crippen LogP contribution in [0.2, 0.25) is 5.02 Å². The highest BCUT2D eigenvalue weighted by atomic mass is 35.5. The number of furan rings is 1. The minimum absolute atomic E-state index is 0.0900. The molecule has 0 aliphatic carbocycles. The Kier molecular flexibility index (Phi) is 4.84. The first kappa shape index (κ1) is 20.4. The van der Waals surface area contributed by atoms with Gasteiger partial charge in [-0.05, 0) is 29.8 Å². The van der Waals surface area contributed by atoms with Crippen LogP contribution in [0.3, 0.4) is 0 Å². The van der Waals surface area contributed by atoms with Crippen molar-refractivity contribution in [3.63, 3.8) is 0 Å². The summed E-state index contributed by atoms with van der Waals surface area (Å²) in [7, 11) is 0. The second-order valence-corrected chi connectivity index (χ2v) is 7.67. The van der Waals surface area contributed by atoms with E-state index in [9.17, 15) is 15.4 Å². The molecule has 3 heterocycles. The molecule has 3 N–H and O–H groups in total. The van der Waals surface area contributed by atoms with Gasteiger partial charge in [0.15, 0.2) is 0 Å². The van der Waals surface area contributed by atoms with Crippen molar-refractivity contribution in [3.05, 3.63) is 98.6 Å². The van der Waals surface area contributed by atoms with E-state index in [1.165, 1.54) is 18.2 Å². The molecule has 1 unspecified atom stereocenters. The number of fused-ring (bicyclic) bond motifs is 1. The topological polar surface area (TPSA) is 144 Å². The normalized spacial score (nSPS) is 15.0. The van der Waals surface area contributed by atoms with Gasteiger partial charge in [0, 0.05) is 11.1 Å². The number of benzene rings is 2. The Morgan fingerprint density at radius 1 is 1.18 bits per heavy atom. The summed E-state index contributed by atoms with van der Waals surface area (Å²) in [4.78, 5) is 11.0. The zero-order chi connectivity index (χ0) is 23.1. The number of nitro groups is 1. The number of nitrogens with one attached hydrogen (secondary N) is 1. The molecule has 5 rings (SSSR count). The molecule has 0 radical (unpaired) electrons. The van der Waals surface area contributed by atoms with Gasteiger partial charge in [-0.2, -0.15) is 5.26 Å². The van der Waals surface area contributed by atoms with E-state index in [0.29, 0.717) is 22.0 Å². The van der Waals surface area contributed by atoms with E-state index in [1.54, 1.807) is 12.1 Å². The molecule has 10 heteroatoms. The molecule has 0 saturated heterocycles. The molecule has 0 saturated carbocycles. The molecule has 0 amide bonds. The van der Waals surface area contributed by atoms with Gasteiger partial charge in [-0.25, -0.2) is 0 Å². The molecular weight excluding hydrogens is 446 g/mol. The highest BCUT2D eigenvalue weighted by Gasteiger charge is 2.37. The van der Waals surface area contributed by atoms with E-state index < -0.39 is 10.8 Å². The third kappa shape index (κ3) is 3.39. The molecule has 2 aromatic carbocycles. The van der Waals surface area contributed by atoms with Crippen LogP contribution >= 0.6 is 11.6 Å². The average Bonchev–Trinajstić information content (AvgIpc) is 3.46. The minimum atomic E-state index is -0.736. The number of aromatic nitrogens is 2. The number of rotatable bonds is 4. The number of H-pyrrole nitrogens is 1. The maximum Gasteiger partial charge on any atom is 0.280 e. The summed E-state index contributed by atoms with van der Waals surface area (Å²) in [6, 6.07) is 19.0. The number of allylic oxidation sites excluding steroid dienone is 1. The quantitative estimate of drug-likeness (QED) is 0.318. The fourth-order valence-corrected chi connectivity index (χ4v) is 4.04. The van der Waals surface area contributed by atoms with Crippen LogP contribution in [-0.4, -0.2) is 15.1 Å². The monoisotopic (exact) mass is 459 g/mol. The Balaban J connectivity index is 1.68. The molecule has 1 aliphatic rings. The van der Waals surface area contributed by atoms with E-state index in [2.05, 4.69) is 16.3 Å². The third-order valence-electron chi connectivity index (χ3n) is 5.33. The first-order valence-electron chi connectivity index (χ1n) is 9.73. The fourth-order valence-electron chi connectivity index (χ4n) is 3.87. The minimum Gasteiger partial charge on any atom is -0.460 e. The number of hydrogen-bond acceptors (Lipinski definition) is 7. The van der Waals surface area contributed by atoms with Crippen LogP contribution in [0.4, 0.5) is 5.69 Å². The lowest BCUT2D eigenvalue weighted by Gasteiger charge is -2.22. The van der Waals surface area contributed by atoms with Crippen molar-refractivity contribution in [2.45, 2.75) is 5.92 Å². The smallest absolute Gasteiger partial charge is 0.280 e. The maximum atomic E-state index is 11.5. The van der Waals surface area contributed by atoms with E-state index >= 15 is 0 Å². The standard InChI is InChI=1S/C23H14ClN5O4/c24-13-6-7-16(29(30)31)14(10-13)17-8-9-18(32-17)19-15(11-25)22(26)33-23-20(19)21(27-28-23)12-4-2-1-3-5-12/h1-10,19H,26H2,(H,27,28). The Hall–Kier alpha value is -4.55. The summed E-state index contributed by atoms with van der Waals surface area (Å²) in [6.45, 7) is 0. The number of ether oxygens (including phenoxy) is 1. The van der Waals surface area contributed by atoms with E-state index in [4.69, 9.17) is 26.5 Å². The third-order valence-corrected chi connectivity index (χ3v) is 5.57. The van der Waals surface area contributed by atoms with Gasteiger partial charge in [0.1, 0.15) is 23.2 Å². The second-order valence-electron chi connectivity index (χ2n) is 7.23. The van der Waals surface area contributed by atoms with Crippen molar-refractivity contribution in [2.24, 2.45) is 5.73 Å². The molecule has 4 aromatic rings. The molecule has 0 fully saturated rings. The predicted molar refractivity (Wildman–Crippen MR) is 119 cm³/mol. The summed E-state index contributed by atoms with van der Waals surface area (Å²) in [5, 5.41) is 28.9. The number of halogens is 1. The molecule has 9 nitrogen and oxygen atoms in total. The SMILES string of the molecule is N#CC1=C(N)Oc2n[nH]c(-c3ccccc3)c2C1c1ccc(-c2cc(Cl)ccc2[N+](=O)[O-])o1. The summed E-state index contributed by atoms with van der Waals surface area (Å²) in [5.74, 6) is -0.0238. The predicted octanol–water partition coefficient (Wildman–Crippen LogP) is 5.12. The van der Waals surface area contributed by atoms with E-state index in [-0.39, 0.29) is 34.3 Å². The van der Waals surface area contributed by atoms with Gasteiger partial charge in [0.2, 0.25) is 11.8 Å². The summed E-state index contributed by atoms with van der Waals surface area (Å²) in [5.41, 5.74) is 8.27. The lowest BCUT2D eigenvalue weighted by Crippen LogP contribution is -2.20. The molecule has 162 valence electrons. The molecule has 0 spiro atoms. The van der Waals surface area contributed by atoms with Gasteiger partial charge in [0.25, 0.3) is 5.69 Å². The molecule has 33 heavy (non-hydrogen) atoms. The molecule has 0 bridgehead atoms. The van der Waals surface area contributed by atoms with Crippen LogP contribution in [0.1, 0.15) is 17.2 Å². The number of nitro benzene ring substituents is 1. The molecule has 1 atom stereocenters. The lowest BCUT2D eigenvalue weighted by molar-refractivity contribution is -0.384. The van der Waals surface area contributed by atoms with Crippen molar-refractivity contribution < 1.29 is 14.1 Å². The van der Waals surface area contributed by atoms with Crippen LogP contribution in [0.15, 0.2) is 76.5 Å². The molecular formula is C23H14ClN5O4. The van der Waals surface area contributed by atoms with Gasteiger partial charge in [0.05, 0.1) is 27.7 Å². The van der Waals surface area contributed by atoms with Gasteiger partial charge in [-0.1, -0.05) is 41.9 Å². The van der Waals surface area contributed by atoms with Crippen molar-refractivity contribution in [1.29, 1.82) is 5.26 Å². The van der Waals surface area contributed by atoms with Crippen LogP contribution in [0.5, 0.6) is 5.88 Å². The second kappa shape index (κ2) is 7.85. The Morgan fingerprint density at radius 3 is 2.70 bits per heavy atom. The maximum absolute atomic E-state index is 11.5. The summed E-state index contributed by atoms with van der Waals surface area (Å²) < 4.78 is 11.6. The Bertz CT molecular complexity index is 1470. The zero-order valence-electron chi connectivity index (χ0n) is 16.8. The largest absolute Gasteiger partial charge is 0.460 e. The van der Waals surface area contributed by atoms with Gasteiger partial charge in [-0.15, -0.1) is 5.10 Å². The van der Waals surface area contributed by atoms with E-state index in [1.807, 2.05) is 30.3 Å². The highest BCUT2D eigenvalue weighted by Crippen LogP contribution is 2.47. The number of nitrogens with two attached hydrogens (primary N) is 1. The van der Waals surface area contributed by atoms with Crippen LogP contribution < -0.4 is 10.5 Å². The van der Waals surface area contributed by atoms with Gasteiger partial charge >= 0.3 is 0 Å². The first-order chi connectivity index (χ1) is 16.0. The van der Waals surface area contributed by atoms with Crippen molar-refractivity contribution >= 4 is 17.3 Å². The highest BCUT2D eigenvalue weighted by molar-refractivity contribution is 6.31. The number of nitrogens with zero attached hydrogens (tertiary/aromatic N) is 3. The molecule has 2 aromatic heterocycles. The number of hydrogen-bond donors (Lipinski definition) is 2. The lowest BCUT2D eigenvalue weighted by atomic mass is 9.86. The van der Waals surface area contributed by atoms with Crippen molar-refractivity contribution in [1.82, 2.24) is 10.2 Å². The van der Waals surface area contributed by atoms with Crippen molar-refractivity contribution in [2.75, 3.05) is 0 Å². The Morgan fingerprint density at radius 2 is 1.97 bits per heavy atom. The van der Waals surface area contributed by atoms with Gasteiger partial charge in [-0.3, -0.25) is 15.2 Å². The number of aromatic amines is 1. The van der Waals surface area contributed by atoms with Crippen LogP contribution in [0.25, 0.3) is 22.6 Å². The molecule has 1 aliphatic heterocycles. The average molecular weight is 460 g/mol. The summed E-state index contributed by atoms with van der Waals surface area (Å²) >= 11 is 6.07. The first-order valence-corrected chi connectivity index (χ1v) is 10.1. The fraction of sp³-hybridized carbons (Fsp3) is 0.0435. The number of nitriles is 1. The van der Waals surface area contributed by atoms with Crippen LogP contribution in [-0.2, 0) is 0 Å². The van der Waals surface area contributed by atoms with Crippen LogP contribution in [0, 0.1) is 21.4 Å². The summed E-state index contributed by atoms with van der Waals surface area (Å²) in [6.07, 6.45) is 0. The van der Waals surface area contributed by atoms with Crippen molar-refractivity contribution in [3.8, 4) is 34.5 Å². The Labute approximate surface area is 191 Å². The van der Waals surface area contributed by atoms with E-state index in [0.717, 1.165) is 5.56 Å².